The van der Waals surface area contributed by atoms with Crippen LogP contribution in [0.5, 0.6) is 5.75 Å². The Labute approximate surface area is 133 Å². The molecule has 1 amide bonds. The second kappa shape index (κ2) is 6.74. The maximum Gasteiger partial charge on any atom is 0.316 e. The van der Waals surface area contributed by atoms with Gasteiger partial charge in [0, 0.05) is 12.1 Å². The zero-order valence-corrected chi connectivity index (χ0v) is 12.5. The maximum absolute atomic E-state index is 12.1. The topological polar surface area (TPSA) is 77.2 Å². The average molecular weight is 309 g/mol. The van der Waals surface area contributed by atoms with Gasteiger partial charge in [0.05, 0.1) is 7.11 Å². The number of hydrogen-bond donors (Lipinski definition) is 1. The van der Waals surface area contributed by atoms with Crippen LogP contribution >= 0.6 is 0 Å². The summed E-state index contributed by atoms with van der Waals surface area (Å²) in [7, 11) is 1.61. The summed E-state index contributed by atoms with van der Waals surface area (Å²) in [5, 5.41) is 6.56. The van der Waals surface area contributed by atoms with E-state index >= 15 is 0 Å². The molecule has 1 aromatic heterocycles. The number of carbonyl (C=O) groups excluding carboxylic acids is 1. The van der Waals surface area contributed by atoms with Crippen molar-refractivity contribution >= 4 is 5.91 Å². The number of amides is 1. The smallest absolute Gasteiger partial charge is 0.316 e. The number of ether oxygens (including phenoxy) is 1. The van der Waals surface area contributed by atoms with Crippen LogP contribution in [0.1, 0.15) is 16.2 Å². The zero-order valence-electron chi connectivity index (χ0n) is 12.5. The first-order chi connectivity index (χ1) is 11.3. The summed E-state index contributed by atoms with van der Waals surface area (Å²) in [6.45, 7) is 0.367. The molecule has 116 valence electrons. The first kappa shape index (κ1) is 14.8. The molecule has 0 saturated carbocycles. The van der Waals surface area contributed by atoms with E-state index in [9.17, 15) is 4.79 Å². The Morgan fingerprint density at radius 2 is 1.87 bits per heavy atom. The summed E-state index contributed by atoms with van der Waals surface area (Å²) in [4.78, 5) is 16.2. The van der Waals surface area contributed by atoms with Gasteiger partial charge in [0.15, 0.2) is 0 Å². The highest BCUT2D eigenvalue weighted by atomic mass is 16.5. The fraction of sp³-hybridized carbons (Fsp3) is 0.118. The average Bonchev–Trinajstić information content (AvgIpc) is 3.11. The van der Waals surface area contributed by atoms with Gasteiger partial charge in [-0.15, -0.1) is 0 Å². The molecule has 0 fully saturated rings. The van der Waals surface area contributed by atoms with Crippen LogP contribution in [0.2, 0.25) is 0 Å². The molecule has 0 spiro atoms. The minimum atomic E-state index is -0.407. The van der Waals surface area contributed by atoms with Crippen molar-refractivity contribution in [2.45, 2.75) is 6.54 Å². The van der Waals surface area contributed by atoms with Gasteiger partial charge in [-0.1, -0.05) is 47.6 Å². The van der Waals surface area contributed by atoms with E-state index in [-0.39, 0.29) is 5.89 Å². The molecule has 1 heterocycles. The van der Waals surface area contributed by atoms with Crippen LogP contribution in [0, 0.1) is 0 Å². The number of aromatic nitrogens is 2. The van der Waals surface area contributed by atoms with Gasteiger partial charge in [0.1, 0.15) is 5.75 Å². The lowest BCUT2D eigenvalue weighted by Crippen LogP contribution is -2.23. The minimum Gasteiger partial charge on any atom is -0.497 e. The first-order valence-electron chi connectivity index (χ1n) is 7.06. The number of carbonyl (C=O) groups is 1. The zero-order chi connectivity index (χ0) is 16.1. The summed E-state index contributed by atoms with van der Waals surface area (Å²) in [6, 6.07) is 16.8. The third-order valence-corrected chi connectivity index (χ3v) is 3.26. The highest BCUT2D eigenvalue weighted by molar-refractivity contribution is 5.89. The quantitative estimate of drug-likeness (QED) is 0.784. The molecule has 0 saturated heterocycles. The van der Waals surface area contributed by atoms with Gasteiger partial charge >= 0.3 is 11.8 Å². The van der Waals surface area contributed by atoms with Crippen LogP contribution in [0.15, 0.2) is 59.1 Å². The minimum absolute atomic E-state index is 0.0580. The Hall–Kier alpha value is -3.15. The van der Waals surface area contributed by atoms with Crippen molar-refractivity contribution in [3.8, 4) is 17.1 Å². The van der Waals surface area contributed by atoms with Crippen LogP contribution < -0.4 is 10.1 Å². The van der Waals surface area contributed by atoms with Crippen molar-refractivity contribution in [2.24, 2.45) is 0 Å². The molecule has 0 bridgehead atoms. The van der Waals surface area contributed by atoms with E-state index in [1.54, 1.807) is 7.11 Å². The molecular formula is C17H15N3O3. The largest absolute Gasteiger partial charge is 0.497 e. The van der Waals surface area contributed by atoms with E-state index in [0.717, 1.165) is 16.9 Å². The van der Waals surface area contributed by atoms with E-state index in [4.69, 9.17) is 9.26 Å². The highest BCUT2D eigenvalue weighted by Crippen LogP contribution is 2.15. The number of methoxy groups -OCH3 is 1. The number of rotatable bonds is 5. The lowest BCUT2D eigenvalue weighted by molar-refractivity contribution is 0.0907. The second-order valence-electron chi connectivity index (χ2n) is 4.82. The predicted molar refractivity (Wildman–Crippen MR) is 83.9 cm³/mol. The molecule has 0 aliphatic rings. The Bertz CT molecular complexity index is 782. The van der Waals surface area contributed by atoms with Gasteiger partial charge in [-0.05, 0) is 17.7 Å². The maximum atomic E-state index is 12.1. The first-order valence-corrected chi connectivity index (χ1v) is 7.06. The molecule has 0 radical (unpaired) electrons. The van der Waals surface area contributed by atoms with Crippen LogP contribution in [0.4, 0.5) is 0 Å². The Morgan fingerprint density at radius 3 is 2.57 bits per heavy atom. The van der Waals surface area contributed by atoms with E-state index < -0.39 is 5.91 Å². The fourth-order valence-corrected chi connectivity index (χ4v) is 2.02. The molecule has 6 heteroatoms. The van der Waals surface area contributed by atoms with Gasteiger partial charge in [-0.2, -0.15) is 4.98 Å². The van der Waals surface area contributed by atoms with Crippen molar-refractivity contribution in [1.29, 1.82) is 0 Å². The molecular weight excluding hydrogens is 294 g/mol. The van der Waals surface area contributed by atoms with Gasteiger partial charge in [0.25, 0.3) is 0 Å². The standard InChI is InChI=1S/C17H15N3O3/c1-22-14-9-7-12(8-10-14)11-18-16(21)17-19-15(20-23-17)13-5-3-2-4-6-13/h2-10H,11H2,1H3,(H,18,21). The van der Waals surface area contributed by atoms with Crippen molar-refractivity contribution in [1.82, 2.24) is 15.5 Å². The second-order valence-corrected chi connectivity index (χ2v) is 4.82. The Morgan fingerprint density at radius 1 is 1.13 bits per heavy atom. The van der Waals surface area contributed by atoms with E-state index in [0.29, 0.717) is 12.4 Å². The summed E-state index contributed by atoms with van der Waals surface area (Å²) >= 11 is 0. The molecule has 0 aliphatic carbocycles. The summed E-state index contributed by atoms with van der Waals surface area (Å²) in [6.07, 6.45) is 0. The van der Waals surface area contributed by atoms with Crippen molar-refractivity contribution in [3.05, 3.63) is 66.1 Å². The van der Waals surface area contributed by atoms with Gasteiger partial charge < -0.3 is 14.6 Å². The van der Waals surface area contributed by atoms with Crippen LogP contribution in [-0.2, 0) is 6.54 Å². The number of nitrogens with zero attached hydrogens (tertiary/aromatic N) is 2. The molecule has 1 N–H and O–H groups in total. The molecule has 0 atom stereocenters. The Balaban J connectivity index is 1.63. The molecule has 0 aliphatic heterocycles. The predicted octanol–water partition coefficient (Wildman–Crippen LogP) is 2.68. The van der Waals surface area contributed by atoms with Crippen molar-refractivity contribution < 1.29 is 14.1 Å². The van der Waals surface area contributed by atoms with Gasteiger partial charge in [0.2, 0.25) is 5.82 Å². The SMILES string of the molecule is COc1ccc(CNC(=O)c2nc(-c3ccccc3)no2)cc1. The van der Waals surface area contributed by atoms with Crippen molar-refractivity contribution in [3.63, 3.8) is 0 Å². The molecule has 0 unspecified atom stereocenters. The fourth-order valence-electron chi connectivity index (χ4n) is 2.02. The number of nitrogens with one attached hydrogen (secondary N) is 1. The monoisotopic (exact) mass is 309 g/mol. The normalized spacial score (nSPS) is 10.3. The summed E-state index contributed by atoms with van der Waals surface area (Å²) < 4.78 is 10.1. The van der Waals surface area contributed by atoms with E-state index in [1.165, 1.54) is 0 Å². The molecule has 3 aromatic rings. The molecule has 6 nitrogen and oxygen atoms in total. The van der Waals surface area contributed by atoms with E-state index in [1.807, 2.05) is 54.6 Å². The lowest BCUT2D eigenvalue weighted by atomic mass is 10.2. The van der Waals surface area contributed by atoms with Crippen LogP contribution in [0.3, 0.4) is 0 Å². The van der Waals surface area contributed by atoms with Gasteiger partial charge in [-0.3, -0.25) is 4.79 Å². The van der Waals surface area contributed by atoms with Crippen LogP contribution in [0.25, 0.3) is 11.4 Å². The van der Waals surface area contributed by atoms with Crippen LogP contribution in [-0.4, -0.2) is 23.2 Å². The molecule has 3 rings (SSSR count). The highest BCUT2D eigenvalue weighted by Gasteiger charge is 2.15. The third-order valence-electron chi connectivity index (χ3n) is 3.26. The van der Waals surface area contributed by atoms with Gasteiger partial charge in [-0.25, -0.2) is 0 Å². The summed E-state index contributed by atoms with van der Waals surface area (Å²) in [5.74, 6) is 0.692. The number of hydrogen-bond acceptors (Lipinski definition) is 5. The lowest BCUT2D eigenvalue weighted by Gasteiger charge is -2.04. The molecule has 23 heavy (non-hydrogen) atoms. The third kappa shape index (κ3) is 3.55. The van der Waals surface area contributed by atoms with Crippen molar-refractivity contribution in [2.75, 3.05) is 7.11 Å². The Kier molecular flexibility index (Phi) is 4.33. The number of benzene rings is 2. The summed E-state index contributed by atoms with van der Waals surface area (Å²) in [5.41, 5.74) is 1.74. The van der Waals surface area contributed by atoms with E-state index in [2.05, 4.69) is 15.5 Å². The molecule has 2 aromatic carbocycles.